The van der Waals surface area contributed by atoms with Crippen LogP contribution in [0.1, 0.15) is 5.82 Å². The maximum atomic E-state index is 10.7. The smallest absolute Gasteiger partial charge is 0.323 e. The van der Waals surface area contributed by atoms with Crippen LogP contribution < -0.4 is 4.90 Å². The van der Waals surface area contributed by atoms with Gasteiger partial charge in [-0.05, 0) is 19.1 Å². The summed E-state index contributed by atoms with van der Waals surface area (Å²) >= 11 is 0. The van der Waals surface area contributed by atoms with Gasteiger partial charge in [0.2, 0.25) is 5.95 Å². The van der Waals surface area contributed by atoms with E-state index in [9.17, 15) is 9.90 Å². The standard InChI is InChI=1S/C13H14N4O3/c1-8-14-12(9-5-3-4-6-10(9)18)16-13(15-8)17(2)7-11(19)20/h3-6,18H,7H2,1-2H3,(H,19,20). The van der Waals surface area contributed by atoms with E-state index in [0.29, 0.717) is 17.2 Å². The van der Waals surface area contributed by atoms with Crippen molar-refractivity contribution in [1.29, 1.82) is 0 Å². The molecule has 0 amide bonds. The minimum Gasteiger partial charge on any atom is -0.507 e. The molecule has 1 aromatic carbocycles. The van der Waals surface area contributed by atoms with Crippen molar-refractivity contribution in [3.63, 3.8) is 0 Å². The minimum atomic E-state index is -0.977. The first-order valence-electron chi connectivity index (χ1n) is 5.91. The first kappa shape index (κ1) is 13.7. The van der Waals surface area contributed by atoms with E-state index in [1.807, 2.05) is 0 Å². The third kappa shape index (κ3) is 3.00. The van der Waals surface area contributed by atoms with Crippen molar-refractivity contribution in [2.45, 2.75) is 6.92 Å². The molecule has 0 aliphatic rings. The number of aryl methyl sites for hydroxylation is 1. The third-order valence-corrected chi connectivity index (χ3v) is 2.59. The molecule has 104 valence electrons. The summed E-state index contributed by atoms with van der Waals surface area (Å²) in [5, 5.41) is 18.6. The van der Waals surface area contributed by atoms with Crippen molar-refractivity contribution >= 4 is 11.9 Å². The minimum absolute atomic E-state index is 0.0601. The lowest BCUT2D eigenvalue weighted by molar-refractivity contribution is -0.135. The number of nitrogens with zero attached hydrogens (tertiary/aromatic N) is 4. The number of para-hydroxylation sites is 1. The first-order chi connectivity index (χ1) is 9.47. The summed E-state index contributed by atoms with van der Waals surface area (Å²) in [5.41, 5.74) is 0.475. The number of hydrogen-bond acceptors (Lipinski definition) is 6. The molecule has 7 nitrogen and oxygen atoms in total. The van der Waals surface area contributed by atoms with Crippen molar-refractivity contribution in [3.05, 3.63) is 30.1 Å². The normalized spacial score (nSPS) is 10.3. The van der Waals surface area contributed by atoms with E-state index in [-0.39, 0.29) is 18.2 Å². The van der Waals surface area contributed by atoms with Gasteiger partial charge < -0.3 is 15.1 Å². The summed E-state index contributed by atoms with van der Waals surface area (Å²) in [6.45, 7) is 1.47. The van der Waals surface area contributed by atoms with E-state index in [1.165, 1.54) is 11.0 Å². The SMILES string of the molecule is Cc1nc(-c2ccccc2O)nc(N(C)CC(=O)O)n1. The summed E-state index contributed by atoms with van der Waals surface area (Å²) in [5.74, 6) is 0.0890. The van der Waals surface area contributed by atoms with Gasteiger partial charge in [-0.2, -0.15) is 9.97 Å². The molecule has 0 aliphatic carbocycles. The van der Waals surface area contributed by atoms with Crippen LogP contribution in [0.25, 0.3) is 11.4 Å². The molecule has 20 heavy (non-hydrogen) atoms. The number of carbonyl (C=O) groups is 1. The molecule has 0 saturated carbocycles. The number of anilines is 1. The van der Waals surface area contributed by atoms with Gasteiger partial charge in [-0.15, -0.1) is 0 Å². The van der Waals surface area contributed by atoms with E-state index in [1.54, 1.807) is 32.2 Å². The molecule has 0 atom stereocenters. The third-order valence-electron chi connectivity index (χ3n) is 2.59. The van der Waals surface area contributed by atoms with Crippen LogP contribution in [0.15, 0.2) is 24.3 Å². The molecule has 0 aliphatic heterocycles. The van der Waals surface area contributed by atoms with Crippen LogP contribution in [0.4, 0.5) is 5.95 Å². The van der Waals surface area contributed by atoms with Crippen molar-refractivity contribution in [3.8, 4) is 17.1 Å². The Balaban J connectivity index is 2.44. The predicted molar refractivity (Wildman–Crippen MR) is 72.6 cm³/mol. The lowest BCUT2D eigenvalue weighted by Crippen LogP contribution is -2.27. The lowest BCUT2D eigenvalue weighted by Gasteiger charge is -2.15. The number of aliphatic carboxylic acids is 1. The fourth-order valence-corrected chi connectivity index (χ4v) is 1.70. The maximum absolute atomic E-state index is 10.7. The molecule has 0 fully saturated rings. The van der Waals surface area contributed by atoms with E-state index in [2.05, 4.69) is 15.0 Å². The van der Waals surface area contributed by atoms with Crippen LogP contribution in [-0.4, -0.2) is 44.7 Å². The summed E-state index contributed by atoms with van der Waals surface area (Å²) in [7, 11) is 1.58. The number of phenolic OH excluding ortho intramolecular Hbond substituents is 1. The molecule has 2 N–H and O–H groups in total. The predicted octanol–water partition coefficient (Wildman–Crippen LogP) is 1.07. The Morgan fingerprint density at radius 1 is 1.25 bits per heavy atom. The summed E-state index contributed by atoms with van der Waals surface area (Å²) in [6, 6.07) is 6.68. The quantitative estimate of drug-likeness (QED) is 0.860. The average molecular weight is 274 g/mol. The highest BCUT2D eigenvalue weighted by atomic mass is 16.4. The molecule has 0 saturated heterocycles. The zero-order chi connectivity index (χ0) is 14.7. The summed E-state index contributed by atoms with van der Waals surface area (Å²) < 4.78 is 0. The Kier molecular flexibility index (Phi) is 3.79. The average Bonchev–Trinajstić information content (AvgIpc) is 2.37. The largest absolute Gasteiger partial charge is 0.507 e. The molecular weight excluding hydrogens is 260 g/mol. The Morgan fingerprint density at radius 3 is 2.60 bits per heavy atom. The van der Waals surface area contributed by atoms with Crippen molar-refractivity contribution in [1.82, 2.24) is 15.0 Å². The number of phenols is 1. The van der Waals surface area contributed by atoms with E-state index in [0.717, 1.165) is 0 Å². The highest BCUT2D eigenvalue weighted by molar-refractivity contribution is 5.72. The van der Waals surface area contributed by atoms with Gasteiger partial charge >= 0.3 is 5.97 Å². The number of carboxylic acid groups (broad SMARTS) is 1. The summed E-state index contributed by atoms with van der Waals surface area (Å²) in [6.07, 6.45) is 0. The second kappa shape index (κ2) is 5.52. The highest BCUT2D eigenvalue weighted by Crippen LogP contribution is 2.26. The Hall–Kier alpha value is -2.70. The fraction of sp³-hybridized carbons (Fsp3) is 0.231. The molecule has 1 aromatic heterocycles. The molecule has 2 aromatic rings. The summed E-state index contributed by atoms with van der Waals surface area (Å²) in [4.78, 5) is 24.6. The number of hydrogen-bond donors (Lipinski definition) is 2. The molecule has 0 spiro atoms. The van der Waals surface area contributed by atoms with Gasteiger partial charge in [-0.3, -0.25) is 4.79 Å². The number of aromatic nitrogens is 3. The van der Waals surface area contributed by atoms with Gasteiger partial charge in [0.25, 0.3) is 0 Å². The lowest BCUT2D eigenvalue weighted by atomic mass is 10.2. The van der Waals surface area contributed by atoms with E-state index >= 15 is 0 Å². The number of aromatic hydroxyl groups is 1. The van der Waals surface area contributed by atoms with Gasteiger partial charge in [0.15, 0.2) is 5.82 Å². The van der Waals surface area contributed by atoms with Crippen molar-refractivity contribution in [2.75, 3.05) is 18.5 Å². The van der Waals surface area contributed by atoms with Crippen LogP contribution in [0.5, 0.6) is 5.75 Å². The zero-order valence-corrected chi connectivity index (χ0v) is 11.1. The fourth-order valence-electron chi connectivity index (χ4n) is 1.70. The molecular formula is C13H14N4O3. The first-order valence-corrected chi connectivity index (χ1v) is 5.91. The van der Waals surface area contributed by atoms with Crippen LogP contribution in [-0.2, 0) is 4.79 Å². The second-order valence-corrected chi connectivity index (χ2v) is 4.27. The topological polar surface area (TPSA) is 99.4 Å². The van der Waals surface area contributed by atoms with Crippen LogP contribution >= 0.6 is 0 Å². The Labute approximate surface area is 115 Å². The number of benzene rings is 1. The number of rotatable bonds is 4. The monoisotopic (exact) mass is 274 g/mol. The van der Waals surface area contributed by atoms with Crippen molar-refractivity contribution in [2.24, 2.45) is 0 Å². The molecule has 2 rings (SSSR count). The van der Waals surface area contributed by atoms with Crippen LogP contribution in [0, 0.1) is 6.92 Å². The molecule has 0 bridgehead atoms. The molecule has 0 unspecified atom stereocenters. The molecule has 1 heterocycles. The van der Waals surface area contributed by atoms with Gasteiger partial charge in [0, 0.05) is 7.05 Å². The van der Waals surface area contributed by atoms with Gasteiger partial charge in [-0.1, -0.05) is 12.1 Å². The van der Waals surface area contributed by atoms with Gasteiger partial charge in [0.1, 0.15) is 18.1 Å². The Morgan fingerprint density at radius 2 is 1.95 bits per heavy atom. The van der Waals surface area contributed by atoms with Gasteiger partial charge in [0.05, 0.1) is 5.56 Å². The van der Waals surface area contributed by atoms with Gasteiger partial charge in [-0.25, -0.2) is 4.98 Å². The highest BCUT2D eigenvalue weighted by Gasteiger charge is 2.14. The van der Waals surface area contributed by atoms with E-state index in [4.69, 9.17) is 5.11 Å². The zero-order valence-electron chi connectivity index (χ0n) is 11.1. The van der Waals surface area contributed by atoms with Crippen LogP contribution in [0.2, 0.25) is 0 Å². The molecule has 7 heteroatoms. The number of carboxylic acids is 1. The second-order valence-electron chi connectivity index (χ2n) is 4.27. The number of likely N-dealkylation sites (N-methyl/N-ethyl adjacent to an activating group) is 1. The molecule has 0 radical (unpaired) electrons. The maximum Gasteiger partial charge on any atom is 0.323 e. The van der Waals surface area contributed by atoms with Crippen molar-refractivity contribution < 1.29 is 15.0 Å². The van der Waals surface area contributed by atoms with E-state index < -0.39 is 5.97 Å². The Bertz CT molecular complexity index is 645. The van der Waals surface area contributed by atoms with Crippen LogP contribution in [0.3, 0.4) is 0 Å².